The highest BCUT2D eigenvalue weighted by Gasteiger charge is 2.42. The molecule has 1 nitrogen and oxygen atoms in total. The first-order valence-electron chi connectivity index (χ1n) is 6.56. The largest absolute Gasteiger partial charge is 0.391 e. The summed E-state index contributed by atoms with van der Waals surface area (Å²) < 4.78 is 50.9. The Labute approximate surface area is 120 Å². The van der Waals surface area contributed by atoms with Crippen molar-refractivity contribution in [3.63, 3.8) is 0 Å². The molecule has 1 aliphatic carbocycles. The zero-order valence-electron chi connectivity index (χ0n) is 10.8. The Morgan fingerprint density at radius 1 is 1.15 bits per heavy atom. The lowest BCUT2D eigenvalue weighted by Gasteiger charge is -2.33. The first-order valence-corrected chi connectivity index (χ1v) is 6.94. The minimum absolute atomic E-state index is 0.0121. The number of benzene rings is 1. The SMILES string of the molecule is NC(c1ccc(F)c(Cl)c1)[C@H]1CC[C@H](C(F)(F)F)CC1. The second-order valence-corrected chi connectivity index (χ2v) is 5.76. The molecular weight excluding hydrogens is 294 g/mol. The van der Waals surface area contributed by atoms with E-state index in [1.165, 1.54) is 12.1 Å². The van der Waals surface area contributed by atoms with Gasteiger partial charge in [0.2, 0.25) is 0 Å². The number of hydrogen-bond acceptors (Lipinski definition) is 1. The lowest BCUT2D eigenvalue weighted by molar-refractivity contribution is -0.184. The topological polar surface area (TPSA) is 26.0 Å². The average molecular weight is 310 g/mol. The fourth-order valence-corrected chi connectivity index (χ4v) is 2.99. The van der Waals surface area contributed by atoms with Crippen LogP contribution >= 0.6 is 11.6 Å². The standard InChI is InChI=1S/C14H16ClF4N/c15-11-7-9(3-6-12(11)16)13(20)8-1-4-10(5-2-8)14(17,18)19/h3,6-8,10,13H,1-2,4-5,20H2/t8-,10-,13?. The van der Waals surface area contributed by atoms with E-state index in [-0.39, 0.29) is 23.8 Å². The third-order valence-corrected chi connectivity index (χ3v) is 4.36. The molecule has 0 spiro atoms. The Morgan fingerprint density at radius 2 is 1.75 bits per heavy atom. The van der Waals surface area contributed by atoms with Gasteiger partial charge < -0.3 is 5.73 Å². The van der Waals surface area contributed by atoms with E-state index in [1.54, 1.807) is 6.07 Å². The maximum absolute atomic E-state index is 13.1. The molecule has 6 heteroatoms. The van der Waals surface area contributed by atoms with Gasteiger partial charge in [-0.2, -0.15) is 13.2 Å². The maximum atomic E-state index is 13.1. The Balaban J connectivity index is 2.01. The smallest absolute Gasteiger partial charge is 0.324 e. The van der Waals surface area contributed by atoms with E-state index in [4.69, 9.17) is 17.3 Å². The van der Waals surface area contributed by atoms with Crippen LogP contribution in [0.15, 0.2) is 18.2 Å². The third-order valence-electron chi connectivity index (χ3n) is 4.07. The summed E-state index contributed by atoms with van der Waals surface area (Å²) in [5, 5.41) is -0.0121. The Kier molecular flexibility index (Phi) is 4.59. The second kappa shape index (κ2) is 5.90. The van der Waals surface area contributed by atoms with Crippen molar-refractivity contribution in [2.45, 2.75) is 37.9 Å². The van der Waals surface area contributed by atoms with Gasteiger partial charge in [-0.15, -0.1) is 0 Å². The summed E-state index contributed by atoms with van der Waals surface area (Å²) in [6, 6.07) is 3.83. The fraction of sp³-hybridized carbons (Fsp3) is 0.571. The zero-order valence-corrected chi connectivity index (χ0v) is 11.5. The molecule has 1 aromatic carbocycles. The summed E-state index contributed by atoms with van der Waals surface area (Å²) in [5.74, 6) is -1.76. The first kappa shape index (κ1) is 15.6. The second-order valence-electron chi connectivity index (χ2n) is 5.35. The van der Waals surface area contributed by atoms with E-state index < -0.39 is 24.0 Å². The summed E-state index contributed by atoms with van der Waals surface area (Å²) in [6.45, 7) is 0. The molecule has 0 heterocycles. The van der Waals surface area contributed by atoms with Crippen LogP contribution in [0.25, 0.3) is 0 Å². The van der Waals surface area contributed by atoms with Crippen molar-refractivity contribution in [2.24, 2.45) is 17.6 Å². The van der Waals surface area contributed by atoms with Crippen molar-refractivity contribution >= 4 is 11.6 Å². The molecule has 2 N–H and O–H groups in total. The van der Waals surface area contributed by atoms with E-state index >= 15 is 0 Å². The number of hydrogen-bond donors (Lipinski definition) is 1. The van der Waals surface area contributed by atoms with Crippen molar-refractivity contribution < 1.29 is 17.6 Å². The van der Waals surface area contributed by atoms with Gasteiger partial charge in [0.1, 0.15) is 5.82 Å². The monoisotopic (exact) mass is 309 g/mol. The van der Waals surface area contributed by atoms with Crippen LogP contribution in [-0.4, -0.2) is 6.18 Å². The quantitative estimate of drug-likeness (QED) is 0.777. The molecule has 1 fully saturated rings. The summed E-state index contributed by atoms with van der Waals surface area (Å²) in [5.41, 5.74) is 6.75. The van der Waals surface area contributed by atoms with Crippen LogP contribution in [-0.2, 0) is 0 Å². The van der Waals surface area contributed by atoms with E-state index in [9.17, 15) is 17.6 Å². The molecule has 1 saturated carbocycles. The van der Waals surface area contributed by atoms with Gasteiger partial charge in [-0.05, 0) is 49.3 Å². The molecule has 0 aliphatic heterocycles. The minimum Gasteiger partial charge on any atom is -0.324 e. The van der Waals surface area contributed by atoms with Crippen molar-refractivity contribution in [1.29, 1.82) is 0 Å². The molecule has 1 unspecified atom stereocenters. The van der Waals surface area contributed by atoms with Crippen LogP contribution in [0, 0.1) is 17.7 Å². The molecule has 1 aliphatic rings. The van der Waals surface area contributed by atoms with Gasteiger partial charge in [0.25, 0.3) is 0 Å². The summed E-state index contributed by atoms with van der Waals surface area (Å²) in [4.78, 5) is 0. The highest BCUT2D eigenvalue weighted by atomic mass is 35.5. The first-order chi connectivity index (χ1) is 9.29. The fourth-order valence-electron chi connectivity index (χ4n) is 2.80. The lowest BCUT2D eigenvalue weighted by Crippen LogP contribution is -2.31. The van der Waals surface area contributed by atoms with Crippen LogP contribution in [0.1, 0.15) is 37.3 Å². The van der Waals surface area contributed by atoms with Crippen molar-refractivity contribution in [1.82, 2.24) is 0 Å². The third kappa shape index (κ3) is 3.44. The van der Waals surface area contributed by atoms with Crippen molar-refractivity contribution in [3.8, 4) is 0 Å². The summed E-state index contributed by atoms with van der Waals surface area (Å²) in [6.07, 6.45) is -3.04. The van der Waals surface area contributed by atoms with Gasteiger partial charge in [-0.25, -0.2) is 4.39 Å². The molecule has 20 heavy (non-hydrogen) atoms. The number of rotatable bonds is 2. The van der Waals surface area contributed by atoms with Gasteiger partial charge in [0.15, 0.2) is 0 Å². The van der Waals surface area contributed by atoms with E-state index in [1.807, 2.05) is 0 Å². The molecule has 0 saturated heterocycles. The van der Waals surface area contributed by atoms with Gasteiger partial charge in [0, 0.05) is 6.04 Å². The van der Waals surface area contributed by atoms with E-state index in [2.05, 4.69) is 0 Å². The molecule has 1 atom stereocenters. The summed E-state index contributed by atoms with van der Waals surface area (Å²) in [7, 11) is 0. The number of halogens is 5. The van der Waals surface area contributed by atoms with E-state index in [0.717, 1.165) is 0 Å². The Bertz CT molecular complexity index is 467. The van der Waals surface area contributed by atoms with Gasteiger partial charge in [-0.3, -0.25) is 0 Å². The van der Waals surface area contributed by atoms with Gasteiger partial charge in [0.05, 0.1) is 10.9 Å². The number of nitrogens with two attached hydrogens (primary N) is 1. The predicted octanol–water partition coefficient (Wildman–Crippen LogP) is 4.85. The Hall–Kier alpha value is -0.810. The van der Waals surface area contributed by atoms with Gasteiger partial charge in [-0.1, -0.05) is 17.7 Å². The van der Waals surface area contributed by atoms with Crippen LogP contribution in [0.5, 0.6) is 0 Å². The number of alkyl halides is 3. The highest BCUT2D eigenvalue weighted by molar-refractivity contribution is 6.30. The molecule has 0 amide bonds. The van der Waals surface area contributed by atoms with E-state index in [0.29, 0.717) is 18.4 Å². The molecular formula is C14H16ClF4N. The minimum atomic E-state index is -4.12. The van der Waals surface area contributed by atoms with Crippen molar-refractivity contribution in [3.05, 3.63) is 34.6 Å². The maximum Gasteiger partial charge on any atom is 0.391 e. The predicted molar refractivity (Wildman–Crippen MR) is 69.8 cm³/mol. The molecule has 2 rings (SSSR count). The molecule has 112 valence electrons. The Morgan fingerprint density at radius 3 is 2.25 bits per heavy atom. The zero-order chi connectivity index (χ0) is 14.9. The molecule has 0 bridgehead atoms. The highest BCUT2D eigenvalue weighted by Crippen LogP contribution is 2.42. The molecule has 0 radical (unpaired) electrons. The van der Waals surface area contributed by atoms with Crippen LogP contribution in [0.2, 0.25) is 5.02 Å². The van der Waals surface area contributed by atoms with Crippen molar-refractivity contribution in [2.75, 3.05) is 0 Å². The molecule has 1 aromatic rings. The lowest BCUT2D eigenvalue weighted by atomic mass is 9.77. The van der Waals surface area contributed by atoms with Gasteiger partial charge >= 0.3 is 6.18 Å². The molecule has 0 aromatic heterocycles. The normalized spacial score (nSPS) is 25.5. The summed E-state index contributed by atoms with van der Waals surface area (Å²) >= 11 is 5.70. The van der Waals surface area contributed by atoms with Crippen LogP contribution < -0.4 is 5.73 Å². The average Bonchev–Trinajstić information content (AvgIpc) is 2.40. The van der Waals surface area contributed by atoms with Crippen LogP contribution in [0.3, 0.4) is 0 Å². The van der Waals surface area contributed by atoms with Crippen LogP contribution in [0.4, 0.5) is 17.6 Å².